The van der Waals surface area contributed by atoms with Crippen LogP contribution in [0.15, 0.2) is 42.6 Å². The van der Waals surface area contributed by atoms with E-state index in [-0.39, 0.29) is 6.03 Å². The Morgan fingerprint density at radius 2 is 1.73 bits per heavy atom. The van der Waals surface area contributed by atoms with Crippen molar-refractivity contribution in [3.63, 3.8) is 0 Å². The molecule has 2 N–H and O–H groups in total. The molecule has 1 fully saturated rings. The van der Waals surface area contributed by atoms with Gasteiger partial charge in [0, 0.05) is 32.4 Å². The highest BCUT2D eigenvalue weighted by Crippen LogP contribution is 2.13. The van der Waals surface area contributed by atoms with Crippen LogP contribution < -0.4 is 20.3 Å². The third kappa shape index (κ3) is 5.10. The number of carbonyl (C=O) groups excluding carboxylic acids is 1. The van der Waals surface area contributed by atoms with Gasteiger partial charge >= 0.3 is 6.03 Å². The van der Waals surface area contributed by atoms with Crippen molar-refractivity contribution in [3.05, 3.63) is 53.7 Å². The molecule has 0 spiro atoms. The fraction of sp³-hybridized carbons (Fsp3) is 0.368. The number of benzene rings is 1. The van der Waals surface area contributed by atoms with Gasteiger partial charge in [0.25, 0.3) is 0 Å². The summed E-state index contributed by atoms with van der Waals surface area (Å²) in [4.78, 5) is 18.6. The summed E-state index contributed by atoms with van der Waals surface area (Å²) in [7, 11) is 1.63. The van der Waals surface area contributed by atoms with Crippen molar-refractivity contribution in [2.75, 3.05) is 38.3 Å². The third-order valence-electron chi connectivity index (χ3n) is 4.21. The van der Waals surface area contributed by atoms with Gasteiger partial charge in [0.05, 0.1) is 20.3 Å². The lowest BCUT2D eigenvalue weighted by atomic mass is 10.2. The smallest absolute Gasteiger partial charge is 0.315 e. The van der Waals surface area contributed by atoms with E-state index in [1.165, 1.54) is 0 Å². The number of nitrogens with one attached hydrogen (secondary N) is 2. The first kappa shape index (κ1) is 18.0. The molecule has 2 heterocycles. The molecule has 1 aromatic heterocycles. The molecule has 1 aliphatic rings. The van der Waals surface area contributed by atoms with E-state index < -0.39 is 0 Å². The normalized spacial score (nSPS) is 14.0. The van der Waals surface area contributed by atoms with Crippen molar-refractivity contribution >= 4 is 11.8 Å². The number of anilines is 1. The summed E-state index contributed by atoms with van der Waals surface area (Å²) in [5.41, 5.74) is 1.97. The van der Waals surface area contributed by atoms with Gasteiger partial charge in [-0.2, -0.15) is 0 Å². The zero-order chi connectivity index (χ0) is 18.2. The maximum atomic E-state index is 11.9. The summed E-state index contributed by atoms with van der Waals surface area (Å²) < 4.78 is 10.5. The SMILES string of the molecule is COc1ccc(CNC(=O)NCc2ccc(N3CCOCC3)nc2)cc1. The van der Waals surface area contributed by atoms with Gasteiger partial charge in [-0.3, -0.25) is 0 Å². The van der Waals surface area contributed by atoms with E-state index in [1.54, 1.807) is 13.3 Å². The first-order valence-electron chi connectivity index (χ1n) is 8.67. The highest BCUT2D eigenvalue weighted by atomic mass is 16.5. The van der Waals surface area contributed by atoms with Gasteiger partial charge in [-0.1, -0.05) is 18.2 Å². The molecule has 1 aromatic carbocycles. The minimum absolute atomic E-state index is 0.210. The highest BCUT2D eigenvalue weighted by molar-refractivity contribution is 5.73. The fourth-order valence-corrected chi connectivity index (χ4v) is 2.67. The Kier molecular flexibility index (Phi) is 6.27. The first-order chi connectivity index (χ1) is 12.7. The topological polar surface area (TPSA) is 75.7 Å². The van der Waals surface area contributed by atoms with Gasteiger partial charge < -0.3 is 25.0 Å². The number of morpholine rings is 1. The Morgan fingerprint density at radius 3 is 2.35 bits per heavy atom. The number of carbonyl (C=O) groups is 1. The van der Waals surface area contributed by atoms with E-state index in [2.05, 4.69) is 20.5 Å². The molecule has 0 unspecified atom stereocenters. The van der Waals surface area contributed by atoms with Crippen molar-refractivity contribution in [2.45, 2.75) is 13.1 Å². The Labute approximate surface area is 153 Å². The number of amides is 2. The molecule has 0 atom stereocenters. The average molecular weight is 356 g/mol. The van der Waals surface area contributed by atoms with Gasteiger partial charge in [0.2, 0.25) is 0 Å². The van der Waals surface area contributed by atoms with Crippen molar-refractivity contribution in [1.29, 1.82) is 0 Å². The molecular weight excluding hydrogens is 332 g/mol. The summed E-state index contributed by atoms with van der Waals surface area (Å²) in [5, 5.41) is 5.68. The van der Waals surface area contributed by atoms with Crippen LogP contribution in [0.3, 0.4) is 0 Å². The number of hydrogen-bond acceptors (Lipinski definition) is 5. The Bertz CT molecular complexity index is 698. The standard InChI is InChI=1S/C19H24N4O3/c1-25-17-5-2-15(3-6-17)12-21-19(24)22-14-16-4-7-18(20-13-16)23-8-10-26-11-9-23/h2-7,13H,8-12,14H2,1H3,(H2,21,22,24). The van der Waals surface area contributed by atoms with E-state index in [0.29, 0.717) is 13.1 Å². The Hall–Kier alpha value is -2.80. The number of pyridine rings is 1. The second-order valence-electron chi connectivity index (χ2n) is 6.01. The van der Waals surface area contributed by atoms with Crippen LogP contribution in [0.4, 0.5) is 10.6 Å². The number of hydrogen-bond donors (Lipinski definition) is 2. The molecule has 1 saturated heterocycles. The minimum Gasteiger partial charge on any atom is -0.497 e. The molecular formula is C19H24N4O3. The highest BCUT2D eigenvalue weighted by Gasteiger charge is 2.12. The van der Waals surface area contributed by atoms with E-state index in [1.807, 2.05) is 36.4 Å². The third-order valence-corrected chi connectivity index (χ3v) is 4.21. The van der Waals surface area contributed by atoms with Gasteiger partial charge in [-0.25, -0.2) is 9.78 Å². The van der Waals surface area contributed by atoms with Crippen LogP contribution in [0, 0.1) is 0 Å². The van der Waals surface area contributed by atoms with Crippen LogP contribution in [0.2, 0.25) is 0 Å². The summed E-state index contributed by atoms with van der Waals surface area (Å²) in [6.45, 7) is 4.09. The lowest BCUT2D eigenvalue weighted by Gasteiger charge is -2.27. The van der Waals surface area contributed by atoms with Crippen LogP contribution in [-0.2, 0) is 17.8 Å². The molecule has 138 valence electrons. The molecule has 1 aliphatic heterocycles. The molecule has 2 aromatic rings. The number of methoxy groups -OCH3 is 1. The van der Waals surface area contributed by atoms with Crippen LogP contribution >= 0.6 is 0 Å². The molecule has 0 radical (unpaired) electrons. The number of ether oxygens (including phenoxy) is 2. The molecule has 0 saturated carbocycles. The zero-order valence-electron chi connectivity index (χ0n) is 14.9. The van der Waals surface area contributed by atoms with E-state index in [9.17, 15) is 4.79 Å². The second-order valence-corrected chi connectivity index (χ2v) is 6.01. The summed E-state index contributed by atoms with van der Waals surface area (Å²) >= 11 is 0. The predicted octanol–water partition coefficient (Wildman–Crippen LogP) is 1.93. The molecule has 0 aliphatic carbocycles. The molecule has 26 heavy (non-hydrogen) atoms. The van der Waals surface area contributed by atoms with E-state index in [0.717, 1.165) is 49.0 Å². The lowest BCUT2D eigenvalue weighted by Crippen LogP contribution is -2.36. The zero-order valence-corrected chi connectivity index (χ0v) is 14.9. The maximum absolute atomic E-state index is 11.9. The quantitative estimate of drug-likeness (QED) is 0.827. The summed E-state index contributed by atoms with van der Waals surface area (Å²) in [5.74, 6) is 1.74. The number of aromatic nitrogens is 1. The second kappa shape index (κ2) is 9.05. The fourth-order valence-electron chi connectivity index (χ4n) is 2.67. The van der Waals surface area contributed by atoms with Crippen molar-refractivity contribution in [3.8, 4) is 5.75 Å². The van der Waals surface area contributed by atoms with Gasteiger partial charge in [0.15, 0.2) is 0 Å². The summed E-state index contributed by atoms with van der Waals surface area (Å²) in [6, 6.07) is 11.4. The van der Waals surface area contributed by atoms with Crippen LogP contribution in [0.1, 0.15) is 11.1 Å². The predicted molar refractivity (Wildman–Crippen MR) is 99.3 cm³/mol. The van der Waals surface area contributed by atoms with Crippen LogP contribution in [0.25, 0.3) is 0 Å². The van der Waals surface area contributed by atoms with E-state index >= 15 is 0 Å². The number of rotatable bonds is 6. The number of urea groups is 1. The van der Waals surface area contributed by atoms with Crippen molar-refractivity contribution in [2.24, 2.45) is 0 Å². The largest absolute Gasteiger partial charge is 0.497 e. The lowest BCUT2D eigenvalue weighted by molar-refractivity contribution is 0.122. The monoisotopic (exact) mass is 356 g/mol. The van der Waals surface area contributed by atoms with Crippen molar-refractivity contribution < 1.29 is 14.3 Å². The van der Waals surface area contributed by atoms with E-state index in [4.69, 9.17) is 9.47 Å². The Balaban J connectivity index is 1.42. The molecule has 7 nitrogen and oxygen atoms in total. The van der Waals surface area contributed by atoms with Gasteiger partial charge in [0.1, 0.15) is 11.6 Å². The van der Waals surface area contributed by atoms with Gasteiger partial charge in [-0.05, 0) is 29.3 Å². The molecule has 7 heteroatoms. The van der Waals surface area contributed by atoms with Crippen LogP contribution in [-0.4, -0.2) is 44.4 Å². The average Bonchev–Trinajstić information content (AvgIpc) is 2.72. The maximum Gasteiger partial charge on any atom is 0.315 e. The Morgan fingerprint density at radius 1 is 1.08 bits per heavy atom. The molecule has 0 bridgehead atoms. The molecule has 2 amide bonds. The first-order valence-corrected chi connectivity index (χ1v) is 8.67. The van der Waals surface area contributed by atoms with Crippen molar-refractivity contribution in [1.82, 2.24) is 15.6 Å². The summed E-state index contributed by atoms with van der Waals surface area (Å²) in [6.07, 6.45) is 1.80. The van der Waals surface area contributed by atoms with Gasteiger partial charge in [-0.15, -0.1) is 0 Å². The minimum atomic E-state index is -0.210. The van der Waals surface area contributed by atoms with Crippen LogP contribution in [0.5, 0.6) is 5.75 Å². The number of nitrogens with zero attached hydrogens (tertiary/aromatic N) is 2. The molecule has 3 rings (SSSR count).